The lowest BCUT2D eigenvalue weighted by molar-refractivity contribution is -0.0160. The zero-order chi connectivity index (χ0) is 12.3. The molecule has 1 fully saturated rings. The predicted molar refractivity (Wildman–Crippen MR) is 69.5 cm³/mol. The SMILES string of the molecule is CC1CC(CO)(Nc2cccc(Cl)c2)CCO1. The van der Waals surface area contributed by atoms with Crippen molar-refractivity contribution in [2.75, 3.05) is 18.5 Å². The number of ether oxygens (including phenoxy) is 1. The van der Waals surface area contributed by atoms with Crippen molar-refractivity contribution < 1.29 is 9.84 Å². The van der Waals surface area contributed by atoms with Crippen LogP contribution in [0.3, 0.4) is 0 Å². The fourth-order valence-electron chi connectivity index (χ4n) is 2.34. The molecule has 0 radical (unpaired) electrons. The van der Waals surface area contributed by atoms with Crippen molar-refractivity contribution in [3.8, 4) is 0 Å². The molecule has 2 atom stereocenters. The number of hydrogen-bond donors (Lipinski definition) is 2. The van der Waals surface area contributed by atoms with Gasteiger partial charge in [-0.15, -0.1) is 0 Å². The molecule has 17 heavy (non-hydrogen) atoms. The Balaban J connectivity index is 2.13. The van der Waals surface area contributed by atoms with E-state index in [0.29, 0.717) is 11.6 Å². The number of hydrogen-bond acceptors (Lipinski definition) is 3. The Morgan fingerprint density at radius 3 is 3.06 bits per heavy atom. The zero-order valence-electron chi connectivity index (χ0n) is 9.95. The molecule has 1 aromatic carbocycles. The van der Waals surface area contributed by atoms with Gasteiger partial charge in [-0.3, -0.25) is 0 Å². The Labute approximate surface area is 107 Å². The summed E-state index contributed by atoms with van der Waals surface area (Å²) < 4.78 is 5.52. The maximum atomic E-state index is 9.64. The first-order chi connectivity index (χ1) is 8.13. The van der Waals surface area contributed by atoms with Crippen LogP contribution in [0.2, 0.25) is 5.02 Å². The smallest absolute Gasteiger partial charge is 0.0663 e. The van der Waals surface area contributed by atoms with Gasteiger partial charge in [0.05, 0.1) is 18.2 Å². The van der Waals surface area contributed by atoms with Crippen LogP contribution < -0.4 is 5.32 Å². The third-order valence-corrected chi connectivity index (χ3v) is 3.43. The number of aliphatic hydroxyl groups excluding tert-OH is 1. The third-order valence-electron chi connectivity index (χ3n) is 3.20. The fourth-order valence-corrected chi connectivity index (χ4v) is 2.53. The first-order valence-electron chi connectivity index (χ1n) is 5.90. The minimum Gasteiger partial charge on any atom is -0.394 e. The molecule has 2 N–H and O–H groups in total. The van der Waals surface area contributed by atoms with Gasteiger partial charge in [0.1, 0.15) is 0 Å². The van der Waals surface area contributed by atoms with Crippen molar-refractivity contribution >= 4 is 17.3 Å². The molecule has 0 aromatic heterocycles. The molecule has 1 aliphatic heterocycles. The number of benzene rings is 1. The van der Waals surface area contributed by atoms with Crippen LogP contribution in [0.5, 0.6) is 0 Å². The Morgan fingerprint density at radius 1 is 1.59 bits per heavy atom. The van der Waals surface area contributed by atoms with Gasteiger partial charge in [0.15, 0.2) is 0 Å². The molecule has 0 spiro atoms. The summed E-state index contributed by atoms with van der Waals surface area (Å²) >= 11 is 5.95. The van der Waals surface area contributed by atoms with E-state index in [1.807, 2.05) is 31.2 Å². The van der Waals surface area contributed by atoms with E-state index in [4.69, 9.17) is 16.3 Å². The summed E-state index contributed by atoms with van der Waals surface area (Å²) in [5.41, 5.74) is 0.656. The van der Waals surface area contributed by atoms with Crippen LogP contribution in [0.4, 0.5) is 5.69 Å². The highest BCUT2D eigenvalue weighted by atomic mass is 35.5. The standard InChI is InChI=1S/C13H18ClNO2/c1-10-8-13(9-16,5-6-17-10)15-12-4-2-3-11(14)7-12/h2-4,7,10,15-16H,5-6,8-9H2,1H3. The van der Waals surface area contributed by atoms with Crippen LogP contribution in [0, 0.1) is 0 Å². The van der Waals surface area contributed by atoms with Crippen LogP contribution in [0.1, 0.15) is 19.8 Å². The van der Waals surface area contributed by atoms with E-state index in [2.05, 4.69) is 5.32 Å². The number of rotatable bonds is 3. The highest BCUT2D eigenvalue weighted by molar-refractivity contribution is 6.30. The summed E-state index contributed by atoms with van der Waals surface area (Å²) in [6.45, 7) is 2.81. The molecule has 2 unspecified atom stereocenters. The molecule has 0 amide bonds. The van der Waals surface area contributed by atoms with Crippen molar-refractivity contribution in [3.63, 3.8) is 0 Å². The van der Waals surface area contributed by atoms with Gasteiger partial charge >= 0.3 is 0 Å². The Morgan fingerprint density at radius 2 is 2.41 bits per heavy atom. The highest BCUT2D eigenvalue weighted by Gasteiger charge is 2.34. The summed E-state index contributed by atoms with van der Waals surface area (Å²) in [6, 6.07) is 7.58. The van der Waals surface area contributed by atoms with Crippen molar-refractivity contribution in [1.29, 1.82) is 0 Å². The van der Waals surface area contributed by atoms with Gasteiger partial charge < -0.3 is 15.2 Å². The molecule has 1 aromatic rings. The third kappa shape index (κ3) is 3.12. The van der Waals surface area contributed by atoms with Crippen LogP contribution in [-0.4, -0.2) is 30.0 Å². The predicted octanol–water partition coefficient (Wildman–Crippen LogP) is 2.68. The average Bonchev–Trinajstić information content (AvgIpc) is 2.29. The van der Waals surface area contributed by atoms with Crippen LogP contribution >= 0.6 is 11.6 Å². The molecule has 1 aliphatic rings. The van der Waals surface area contributed by atoms with Crippen molar-refractivity contribution in [1.82, 2.24) is 0 Å². The lowest BCUT2D eigenvalue weighted by atomic mass is 9.87. The Bertz CT molecular complexity index is 385. The maximum absolute atomic E-state index is 9.64. The second kappa shape index (κ2) is 5.25. The molecule has 4 heteroatoms. The largest absolute Gasteiger partial charge is 0.394 e. The normalized spacial score (nSPS) is 29.0. The van der Waals surface area contributed by atoms with Crippen molar-refractivity contribution in [2.24, 2.45) is 0 Å². The molecule has 1 saturated heterocycles. The van der Waals surface area contributed by atoms with Crippen molar-refractivity contribution in [2.45, 2.75) is 31.4 Å². The minimum atomic E-state index is -0.289. The van der Waals surface area contributed by atoms with Gasteiger partial charge in [0, 0.05) is 17.3 Å². The van der Waals surface area contributed by atoms with Crippen LogP contribution in [0.25, 0.3) is 0 Å². The molecule has 0 aliphatic carbocycles. The maximum Gasteiger partial charge on any atom is 0.0663 e. The average molecular weight is 256 g/mol. The quantitative estimate of drug-likeness (QED) is 0.873. The number of halogens is 1. The second-order valence-electron chi connectivity index (χ2n) is 4.71. The molecular weight excluding hydrogens is 238 g/mol. The molecule has 1 heterocycles. The molecular formula is C13H18ClNO2. The molecule has 94 valence electrons. The van der Waals surface area contributed by atoms with Crippen LogP contribution in [-0.2, 0) is 4.74 Å². The number of anilines is 1. The van der Waals surface area contributed by atoms with Gasteiger partial charge in [-0.05, 0) is 38.0 Å². The second-order valence-corrected chi connectivity index (χ2v) is 5.15. The van der Waals surface area contributed by atoms with Gasteiger partial charge in [-0.25, -0.2) is 0 Å². The molecule has 3 nitrogen and oxygen atoms in total. The monoisotopic (exact) mass is 255 g/mol. The molecule has 0 bridgehead atoms. The summed E-state index contributed by atoms with van der Waals surface area (Å²) in [4.78, 5) is 0. The van der Waals surface area contributed by atoms with Gasteiger partial charge in [-0.2, -0.15) is 0 Å². The molecule has 2 rings (SSSR count). The fraction of sp³-hybridized carbons (Fsp3) is 0.538. The highest BCUT2D eigenvalue weighted by Crippen LogP contribution is 2.29. The Kier molecular flexibility index (Phi) is 3.92. The molecule has 0 saturated carbocycles. The minimum absolute atomic E-state index is 0.104. The van der Waals surface area contributed by atoms with E-state index in [-0.39, 0.29) is 18.2 Å². The number of aliphatic hydroxyl groups is 1. The lowest BCUT2D eigenvalue weighted by Gasteiger charge is -2.40. The number of nitrogens with one attached hydrogen (secondary N) is 1. The first kappa shape index (κ1) is 12.7. The lowest BCUT2D eigenvalue weighted by Crippen LogP contribution is -2.49. The van der Waals surface area contributed by atoms with E-state index in [1.54, 1.807) is 0 Å². The topological polar surface area (TPSA) is 41.5 Å². The van der Waals surface area contributed by atoms with Crippen molar-refractivity contribution in [3.05, 3.63) is 29.3 Å². The first-order valence-corrected chi connectivity index (χ1v) is 6.28. The Hall–Kier alpha value is -0.770. The van der Waals surface area contributed by atoms with E-state index in [0.717, 1.165) is 18.5 Å². The summed E-state index contributed by atoms with van der Waals surface area (Å²) in [5, 5.41) is 13.7. The van der Waals surface area contributed by atoms with Gasteiger partial charge in [0.2, 0.25) is 0 Å². The van der Waals surface area contributed by atoms with Crippen LogP contribution in [0.15, 0.2) is 24.3 Å². The van der Waals surface area contributed by atoms with Gasteiger partial charge in [-0.1, -0.05) is 17.7 Å². The summed E-state index contributed by atoms with van der Waals surface area (Å²) in [7, 11) is 0. The summed E-state index contributed by atoms with van der Waals surface area (Å²) in [6.07, 6.45) is 1.78. The van der Waals surface area contributed by atoms with E-state index in [1.165, 1.54) is 0 Å². The van der Waals surface area contributed by atoms with E-state index < -0.39 is 0 Å². The van der Waals surface area contributed by atoms with E-state index in [9.17, 15) is 5.11 Å². The van der Waals surface area contributed by atoms with E-state index >= 15 is 0 Å². The van der Waals surface area contributed by atoms with Gasteiger partial charge in [0.25, 0.3) is 0 Å². The zero-order valence-corrected chi connectivity index (χ0v) is 10.7. The summed E-state index contributed by atoms with van der Waals surface area (Å²) in [5.74, 6) is 0.